The van der Waals surface area contributed by atoms with Crippen LogP contribution in [0.3, 0.4) is 0 Å². The second-order valence-corrected chi connectivity index (χ2v) is 7.23. The van der Waals surface area contributed by atoms with E-state index in [-0.39, 0.29) is 13.2 Å². The Morgan fingerprint density at radius 1 is 1.10 bits per heavy atom. The van der Waals surface area contributed by atoms with Crippen LogP contribution in [-0.2, 0) is 20.9 Å². The topological polar surface area (TPSA) is 110 Å². The van der Waals surface area contributed by atoms with Crippen molar-refractivity contribution in [2.75, 3.05) is 13.7 Å². The van der Waals surface area contributed by atoms with E-state index in [1.807, 2.05) is 48.5 Å². The smallest absolute Gasteiger partial charge is 0.408 e. The zero-order chi connectivity index (χ0) is 21.5. The van der Waals surface area contributed by atoms with E-state index in [9.17, 15) is 14.4 Å². The molecule has 3 aromatic rings. The number of nitrogens with one attached hydrogen (secondary N) is 3. The zero-order valence-electron chi connectivity index (χ0n) is 16.1. The van der Waals surface area contributed by atoms with E-state index in [2.05, 4.69) is 31.5 Å². The summed E-state index contributed by atoms with van der Waals surface area (Å²) in [5.41, 5.74) is 1.93. The summed E-state index contributed by atoms with van der Waals surface area (Å²) in [5, 5.41) is 5.89. The number of halogens is 1. The molecule has 0 aliphatic rings. The molecule has 9 heteroatoms. The number of amides is 2. The number of ether oxygens (including phenoxy) is 2. The Bertz CT molecular complexity index is 1050. The van der Waals surface area contributed by atoms with E-state index in [0.29, 0.717) is 5.69 Å². The van der Waals surface area contributed by atoms with Crippen molar-refractivity contribution in [3.8, 4) is 0 Å². The van der Waals surface area contributed by atoms with Crippen LogP contribution in [0.5, 0.6) is 0 Å². The molecule has 0 aliphatic carbocycles. The molecule has 1 unspecified atom stereocenters. The van der Waals surface area contributed by atoms with Crippen molar-refractivity contribution >= 4 is 44.8 Å². The number of esters is 1. The molecule has 1 heterocycles. The maximum Gasteiger partial charge on any atom is 0.408 e. The number of aromatic amines is 1. The molecule has 3 rings (SSSR count). The van der Waals surface area contributed by atoms with Gasteiger partial charge in [-0.1, -0.05) is 52.3 Å². The zero-order valence-corrected chi connectivity index (χ0v) is 17.7. The Labute approximate surface area is 181 Å². The molecule has 156 valence electrons. The van der Waals surface area contributed by atoms with E-state index in [0.717, 1.165) is 20.9 Å². The van der Waals surface area contributed by atoms with E-state index in [1.165, 1.54) is 7.11 Å². The Morgan fingerprint density at radius 2 is 1.87 bits per heavy atom. The first-order valence-corrected chi connectivity index (χ1v) is 9.87. The molecule has 8 nitrogen and oxygen atoms in total. The molecule has 0 aliphatic heterocycles. The first-order chi connectivity index (χ1) is 14.5. The number of aromatic nitrogens is 1. The number of hydrogen-bond acceptors (Lipinski definition) is 5. The van der Waals surface area contributed by atoms with E-state index in [1.54, 1.807) is 6.07 Å². The second kappa shape index (κ2) is 9.93. The first-order valence-electron chi connectivity index (χ1n) is 9.08. The summed E-state index contributed by atoms with van der Waals surface area (Å²) in [6.45, 7) is -0.112. The van der Waals surface area contributed by atoms with Crippen molar-refractivity contribution in [2.24, 2.45) is 0 Å². The quantitative estimate of drug-likeness (QED) is 0.456. The predicted molar refractivity (Wildman–Crippen MR) is 114 cm³/mol. The van der Waals surface area contributed by atoms with Gasteiger partial charge in [-0.25, -0.2) is 9.59 Å². The standard InChI is InChI=1S/C21H20BrN3O5/c1-29-20(27)18(25-21(28)30-12-13-6-3-2-4-7-13)11-23-19(26)17-10-14-15(22)8-5-9-16(14)24-17/h2-10,18,24H,11-12H2,1H3,(H,23,26)(H,25,28). The maximum atomic E-state index is 12.5. The third-order valence-electron chi connectivity index (χ3n) is 4.31. The van der Waals surface area contributed by atoms with Gasteiger partial charge in [0.05, 0.1) is 7.11 Å². The van der Waals surface area contributed by atoms with Crippen LogP contribution in [0.4, 0.5) is 4.79 Å². The highest BCUT2D eigenvalue weighted by molar-refractivity contribution is 9.10. The summed E-state index contributed by atoms with van der Waals surface area (Å²) in [7, 11) is 1.20. The molecule has 1 aromatic heterocycles. The Morgan fingerprint density at radius 3 is 2.57 bits per heavy atom. The molecular formula is C21H20BrN3O5. The number of H-pyrrole nitrogens is 1. The van der Waals surface area contributed by atoms with Crippen molar-refractivity contribution in [2.45, 2.75) is 12.6 Å². The maximum absolute atomic E-state index is 12.5. The van der Waals surface area contributed by atoms with Gasteiger partial charge in [0.1, 0.15) is 18.3 Å². The number of rotatable bonds is 7. The molecule has 0 saturated heterocycles. The van der Waals surface area contributed by atoms with E-state index in [4.69, 9.17) is 9.47 Å². The monoisotopic (exact) mass is 473 g/mol. The first kappa shape index (κ1) is 21.4. The predicted octanol–water partition coefficient (Wildman–Crippen LogP) is 3.13. The Hall–Kier alpha value is -3.33. The van der Waals surface area contributed by atoms with Crippen molar-refractivity contribution in [1.29, 1.82) is 0 Å². The fourth-order valence-corrected chi connectivity index (χ4v) is 3.25. The molecule has 2 amide bonds. The van der Waals surface area contributed by atoms with Gasteiger partial charge < -0.3 is 25.1 Å². The Kier molecular flexibility index (Phi) is 7.08. The highest BCUT2D eigenvalue weighted by atomic mass is 79.9. The lowest BCUT2D eigenvalue weighted by atomic mass is 10.2. The van der Waals surface area contributed by atoms with Gasteiger partial charge in [0, 0.05) is 21.9 Å². The third kappa shape index (κ3) is 5.38. The normalized spacial score (nSPS) is 11.5. The minimum absolute atomic E-state index is 0.0524. The van der Waals surface area contributed by atoms with E-state index < -0.39 is 24.0 Å². The number of alkyl carbamates (subject to hydrolysis) is 1. The molecule has 0 saturated carbocycles. The SMILES string of the molecule is COC(=O)C(CNC(=O)c1cc2c(Br)cccc2[nH]1)NC(=O)OCc1ccccc1. The molecule has 30 heavy (non-hydrogen) atoms. The minimum atomic E-state index is -1.10. The number of carbonyl (C=O) groups excluding carboxylic acids is 3. The van der Waals surface area contributed by atoms with Crippen LogP contribution < -0.4 is 10.6 Å². The minimum Gasteiger partial charge on any atom is -0.467 e. The van der Waals surface area contributed by atoms with Crippen molar-refractivity contribution in [3.05, 3.63) is 70.3 Å². The van der Waals surface area contributed by atoms with Crippen LogP contribution in [-0.4, -0.2) is 42.7 Å². The third-order valence-corrected chi connectivity index (χ3v) is 5.00. The molecule has 2 aromatic carbocycles. The van der Waals surface area contributed by atoms with Gasteiger partial charge in [0.2, 0.25) is 0 Å². The fraction of sp³-hybridized carbons (Fsp3) is 0.190. The average molecular weight is 474 g/mol. The van der Waals surface area contributed by atoms with Crippen molar-refractivity contribution < 1.29 is 23.9 Å². The van der Waals surface area contributed by atoms with Gasteiger partial charge in [0.15, 0.2) is 0 Å². The molecule has 0 bridgehead atoms. The number of carbonyl (C=O) groups is 3. The molecule has 0 spiro atoms. The lowest BCUT2D eigenvalue weighted by molar-refractivity contribution is -0.142. The number of benzene rings is 2. The van der Waals surface area contributed by atoms with Gasteiger partial charge in [-0.15, -0.1) is 0 Å². The van der Waals surface area contributed by atoms with Crippen LogP contribution in [0.25, 0.3) is 10.9 Å². The van der Waals surface area contributed by atoms with E-state index >= 15 is 0 Å². The fourth-order valence-electron chi connectivity index (χ4n) is 2.77. The molecular weight excluding hydrogens is 454 g/mol. The number of methoxy groups -OCH3 is 1. The van der Waals surface area contributed by atoms with Gasteiger partial charge in [-0.2, -0.15) is 0 Å². The summed E-state index contributed by atoms with van der Waals surface area (Å²) < 4.78 is 10.7. The van der Waals surface area contributed by atoms with Crippen LogP contribution in [0, 0.1) is 0 Å². The van der Waals surface area contributed by atoms with Crippen LogP contribution in [0.1, 0.15) is 16.1 Å². The van der Waals surface area contributed by atoms with Crippen LogP contribution >= 0.6 is 15.9 Å². The largest absolute Gasteiger partial charge is 0.467 e. The second-order valence-electron chi connectivity index (χ2n) is 6.38. The molecule has 1 atom stereocenters. The number of fused-ring (bicyclic) bond motifs is 1. The van der Waals surface area contributed by atoms with Gasteiger partial charge >= 0.3 is 12.1 Å². The van der Waals surface area contributed by atoms with Gasteiger partial charge in [-0.05, 0) is 23.8 Å². The lowest BCUT2D eigenvalue weighted by Crippen LogP contribution is -2.49. The summed E-state index contributed by atoms with van der Waals surface area (Å²) in [5.74, 6) is -1.13. The van der Waals surface area contributed by atoms with Crippen LogP contribution in [0.2, 0.25) is 0 Å². The van der Waals surface area contributed by atoms with Crippen molar-refractivity contribution in [3.63, 3.8) is 0 Å². The number of hydrogen-bond donors (Lipinski definition) is 3. The average Bonchev–Trinajstić information content (AvgIpc) is 3.21. The lowest BCUT2D eigenvalue weighted by Gasteiger charge is -2.17. The summed E-state index contributed by atoms with van der Waals surface area (Å²) in [6, 6.07) is 15.3. The van der Waals surface area contributed by atoms with Gasteiger partial charge in [0.25, 0.3) is 5.91 Å². The molecule has 0 radical (unpaired) electrons. The highest BCUT2D eigenvalue weighted by Gasteiger charge is 2.23. The summed E-state index contributed by atoms with van der Waals surface area (Å²) in [6.07, 6.45) is -0.793. The molecule has 3 N–H and O–H groups in total. The summed E-state index contributed by atoms with van der Waals surface area (Å²) >= 11 is 3.43. The molecule has 0 fully saturated rings. The van der Waals surface area contributed by atoms with Crippen molar-refractivity contribution in [1.82, 2.24) is 15.6 Å². The highest BCUT2D eigenvalue weighted by Crippen LogP contribution is 2.24. The summed E-state index contributed by atoms with van der Waals surface area (Å²) in [4.78, 5) is 39.5. The van der Waals surface area contributed by atoms with Gasteiger partial charge in [-0.3, -0.25) is 4.79 Å². The Balaban J connectivity index is 1.58. The van der Waals surface area contributed by atoms with Crippen LogP contribution in [0.15, 0.2) is 59.1 Å².